The van der Waals surface area contributed by atoms with Crippen LogP contribution in [0.3, 0.4) is 0 Å². The quantitative estimate of drug-likeness (QED) is 0.839. The van der Waals surface area contributed by atoms with Crippen LogP contribution >= 0.6 is 11.3 Å². The summed E-state index contributed by atoms with van der Waals surface area (Å²) in [5.41, 5.74) is 0.703. The molecular formula is C17H23NO2S. The zero-order valence-electron chi connectivity index (χ0n) is 12.5. The molecule has 0 aromatic carbocycles. The zero-order chi connectivity index (χ0) is 15.1. The van der Waals surface area contributed by atoms with E-state index < -0.39 is 0 Å². The summed E-state index contributed by atoms with van der Waals surface area (Å²) in [4.78, 5) is 13.2. The highest BCUT2D eigenvalue weighted by molar-refractivity contribution is 7.10. The van der Waals surface area contributed by atoms with Gasteiger partial charge in [0.1, 0.15) is 0 Å². The third-order valence-electron chi connectivity index (χ3n) is 4.06. The highest BCUT2D eigenvalue weighted by Crippen LogP contribution is 2.27. The summed E-state index contributed by atoms with van der Waals surface area (Å²) < 4.78 is 0. The van der Waals surface area contributed by atoms with Crippen molar-refractivity contribution in [2.45, 2.75) is 51.5 Å². The van der Waals surface area contributed by atoms with E-state index in [9.17, 15) is 4.79 Å². The fourth-order valence-corrected chi connectivity index (χ4v) is 3.62. The molecule has 0 radical (unpaired) electrons. The molecule has 1 aliphatic carbocycles. The second-order valence-electron chi connectivity index (χ2n) is 5.51. The number of aliphatic hydroxyl groups is 1. The Morgan fingerprint density at radius 3 is 3.05 bits per heavy atom. The van der Waals surface area contributed by atoms with Crippen molar-refractivity contribution in [3.8, 4) is 11.8 Å². The van der Waals surface area contributed by atoms with Crippen molar-refractivity contribution in [3.05, 3.63) is 21.9 Å². The van der Waals surface area contributed by atoms with E-state index in [1.165, 1.54) is 30.6 Å². The molecule has 2 N–H and O–H groups in total. The zero-order valence-corrected chi connectivity index (χ0v) is 13.3. The van der Waals surface area contributed by atoms with E-state index in [1.54, 1.807) is 0 Å². The van der Waals surface area contributed by atoms with Crippen molar-refractivity contribution in [2.75, 3.05) is 6.61 Å². The Labute approximate surface area is 130 Å². The van der Waals surface area contributed by atoms with Crippen LogP contribution < -0.4 is 5.32 Å². The van der Waals surface area contributed by atoms with Crippen LogP contribution in [0, 0.1) is 17.8 Å². The molecule has 1 fully saturated rings. The van der Waals surface area contributed by atoms with Gasteiger partial charge in [0.15, 0.2) is 0 Å². The average Bonchev–Trinajstić information content (AvgIpc) is 2.97. The van der Waals surface area contributed by atoms with Gasteiger partial charge in [-0.05, 0) is 24.8 Å². The summed E-state index contributed by atoms with van der Waals surface area (Å²) in [6, 6.07) is 2.16. The molecule has 0 bridgehead atoms. The number of aliphatic hydroxyl groups excluding tert-OH is 1. The van der Waals surface area contributed by atoms with Crippen LogP contribution in [0.15, 0.2) is 11.4 Å². The van der Waals surface area contributed by atoms with Crippen molar-refractivity contribution >= 4 is 17.2 Å². The van der Waals surface area contributed by atoms with E-state index in [1.807, 2.05) is 11.4 Å². The first-order chi connectivity index (χ1) is 10.2. The van der Waals surface area contributed by atoms with Crippen LogP contribution in [0.25, 0.3) is 0 Å². The monoisotopic (exact) mass is 305 g/mol. The molecule has 1 aromatic heterocycles. The highest BCUT2D eigenvalue weighted by atomic mass is 32.1. The van der Waals surface area contributed by atoms with Gasteiger partial charge in [0.25, 0.3) is 5.91 Å². The van der Waals surface area contributed by atoms with E-state index in [4.69, 9.17) is 5.11 Å². The van der Waals surface area contributed by atoms with Gasteiger partial charge in [-0.25, -0.2) is 0 Å². The molecular weight excluding hydrogens is 282 g/mol. The van der Waals surface area contributed by atoms with Gasteiger partial charge in [0.05, 0.1) is 17.0 Å². The minimum Gasteiger partial charge on any atom is -0.395 e. The molecule has 0 saturated heterocycles. The lowest BCUT2D eigenvalue weighted by molar-refractivity contribution is 0.0905. The molecule has 1 amide bonds. The number of amides is 1. The lowest BCUT2D eigenvalue weighted by atomic mass is 9.83. The summed E-state index contributed by atoms with van der Waals surface area (Å²) >= 11 is 1.48. The van der Waals surface area contributed by atoms with E-state index in [0.29, 0.717) is 23.9 Å². The molecule has 114 valence electrons. The Morgan fingerprint density at radius 1 is 1.48 bits per heavy atom. The predicted octanol–water partition coefficient (Wildman–Crippen LogP) is 3.18. The standard InChI is InChI=1S/C17H23NO2S/c1-2-13-7-3-4-9-16(13)18-17(20)14-11-15(21-12-14)8-5-6-10-19/h11-13,16,19H,2-4,6-7,9-10H2,1H3,(H,18,20). The largest absolute Gasteiger partial charge is 0.395 e. The Bertz CT molecular complexity index is 526. The third kappa shape index (κ3) is 4.59. The third-order valence-corrected chi connectivity index (χ3v) is 4.91. The van der Waals surface area contributed by atoms with Crippen LogP contribution in [-0.4, -0.2) is 23.7 Å². The first-order valence-corrected chi connectivity index (χ1v) is 8.61. The summed E-state index contributed by atoms with van der Waals surface area (Å²) in [6.07, 6.45) is 6.42. The van der Waals surface area contributed by atoms with Gasteiger partial charge < -0.3 is 10.4 Å². The minimum atomic E-state index is 0.0202. The number of rotatable bonds is 4. The molecule has 2 atom stereocenters. The van der Waals surface area contributed by atoms with Gasteiger partial charge in [0, 0.05) is 17.8 Å². The number of nitrogens with one attached hydrogen (secondary N) is 1. The molecule has 3 nitrogen and oxygen atoms in total. The van der Waals surface area contributed by atoms with Gasteiger partial charge in [-0.2, -0.15) is 0 Å². The number of carbonyl (C=O) groups is 1. The number of hydrogen-bond acceptors (Lipinski definition) is 3. The second kappa shape index (κ2) is 8.21. The van der Waals surface area contributed by atoms with Gasteiger partial charge >= 0.3 is 0 Å². The summed E-state index contributed by atoms with van der Waals surface area (Å²) in [5.74, 6) is 6.49. The molecule has 1 aliphatic rings. The fourth-order valence-electron chi connectivity index (χ4n) is 2.86. The predicted molar refractivity (Wildman–Crippen MR) is 86.4 cm³/mol. The topological polar surface area (TPSA) is 49.3 Å². The van der Waals surface area contributed by atoms with Gasteiger partial charge in [-0.1, -0.05) is 38.0 Å². The Morgan fingerprint density at radius 2 is 2.29 bits per heavy atom. The maximum Gasteiger partial charge on any atom is 0.252 e. The van der Waals surface area contributed by atoms with Crippen molar-refractivity contribution < 1.29 is 9.90 Å². The molecule has 0 spiro atoms. The van der Waals surface area contributed by atoms with E-state index in [-0.39, 0.29) is 12.5 Å². The Kier molecular flexibility index (Phi) is 6.28. The fraction of sp³-hybridized carbons (Fsp3) is 0.588. The Balaban J connectivity index is 1.95. The van der Waals surface area contributed by atoms with E-state index in [2.05, 4.69) is 24.1 Å². The van der Waals surface area contributed by atoms with Crippen LogP contribution in [-0.2, 0) is 0 Å². The van der Waals surface area contributed by atoms with Gasteiger partial charge in [0.2, 0.25) is 0 Å². The van der Waals surface area contributed by atoms with E-state index >= 15 is 0 Å². The normalized spacial score (nSPS) is 21.4. The van der Waals surface area contributed by atoms with Gasteiger partial charge in [-0.3, -0.25) is 4.79 Å². The van der Waals surface area contributed by atoms with Crippen LogP contribution in [0.5, 0.6) is 0 Å². The van der Waals surface area contributed by atoms with Crippen molar-refractivity contribution in [1.29, 1.82) is 0 Å². The number of carbonyl (C=O) groups excluding carboxylic acids is 1. The van der Waals surface area contributed by atoms with Crippen LogP contribution in [0.2, 0.25) is 0 Å². The smallest absolute Gasteiger partial charge is 0.252 e. The average molecular weight is 305 g/mol. The second-order valence-corrected chi connectivity index (χ2v) is 6.42. The summed E-state index contributed by atoms with van der Waals surface area (Å²) in [7, 11) is 0. The van der Waals surface area contributed by atoms with E-state index in [0.717, 1.165) is 17.7 Å². The molecule has 1 heterocycles. The molecule has 0 aliphatic heterocycles. The molecule has 2 unspecified atom stereocenters. The SMILES string of the molecule is CCC1CCCCC1NC(=O)c1csc(C#CCCO)c1. The number of hydrogen-bond donors (Lipinski definition) is 2. The molecule has 4 heteroatoms. The van der Waals surface area contributed by atoms with Crippen molar-refractivity contribution in [1.82, 2.24) is 5.32 Å². The first-order valence-electron chi connectivity index (χ1n) is 7.73. The maximum absolute atomic E-state index is 12.3. The van der Waals surface area contributed by atoms with Crippen molar-refractivity contribution in [2.24, 2.45) is 5.92 Å². The lowest BCUT2D eigenvalue weighted by Crippen LogP contribution is -2.41. The van der Waals surface area contributed by atoms with Crippen LogP contribution in [0.1, 0.15) is 60.7 Å². The van der Waals surface area contributed by atoms with Crippen LogP contribution in [0.4, 0.5) is 0 Å². The maximum atomic E-state index is 12.3. The summed E-state index contributed by atoms with van der Waals surface area (Å²) in [6.45, 7) is 2.28. The van der Waals surface area contributed by atoms with Gasteiger partial charge in [-0.15, -0.1) is 11.3 Å². The first kappa shape index (κ1) is 16.1. The minimum absolute atomic E-state index is 0.0202. The van der Waals surface area contributed by atoms with Crippen molar-refractivity contribution in [3.63, 3.8) is 0 Å². The molecule has 1 aromatic rings. The number of thiophene rings is 1. The summed E-state index contributed by atoms with van der Waals surface area (Å²) in [5, 5.41) is 13.8. The molecule has 1 saturated carbocycles. The molecule has 21 heavy (non-hydrogen) atoms. The Hall–Kier alpha value is -1.31. The molecule has 2 rings (SSSR count). The lowest BCUT2D eigenvalue weighted by Gasteiger charge is -2.31. The highest BCUT2D eigenvalue weighted by Gasteiger charge is 2.25.